The molecule has 0 aromatic heterocycles. The van der Waals surface area contributed by atoms with E-state index in [1.807, 2.05) is 44.2 Å². The number of hydrogen-bond donors (Lipinski definition) is 1. The van der Waals surface area contributed by atoms with E-state index < -0.39 is 49.4 Å². The Kier molecular flexibility index (Phi) is 7.23. The first-order valence-corrected chi connectivity index (χ1v) is 12.4. The van der Waals surface area contributed by atoms with Crippen molar-refractivity contribution >= 4 is 76.3 Å². The summed E-state index contributed by atoms with van der Waals surface area (Å²) in [4.78, 5) is 38.5. The molecule has 1 aromatic rings. The van der Waals surface area contributed by atoms with Crippen molar-refractivity contribution in [1.29, 1.82) is 0 Å². The molecule has 2 fully saturated rings. The first-order chi connectivity index (χ1) is 14.4. The summed E-state index contributed by atoms with van der Waals surface area (Å²) in [5, 5.41) is 2.04. The van der Waals surface area contributed by atoms with Gasteiger partial charge in [0.15, 0.2) is 0 Å². The number of rotatable bonds is 6. The molecular weight excluding hydrogens is 507 g/mol. The van der Waals surface area contributed by atoms with Gasteiger partial charge in [-0.2, -0.15) is 0 Å². The van der Waals surface area contributed by atoms with Crippen LogP contribution in [-0.2, 0) is 25.7 Å². The molecule has 2 aliphatic rings. The second-order valence-electron chi connectivity index (χ2n) is 7.45. The number of thioether (sulfide) groups is 2. The number of halogens is 3. The number of nitrogens with zero attached hydrogens (tertiary/aromatic N) is 1. The molecule has 0 aliphatic carbocycles. The molecule has 0 radical (unpaired) electrons. The monoisotopic (exact) mass is 526 g/mol. The summed E-state index contributed by atoms with van der Waals surface area (Å²) < 4.78 is 8.03. The third-order valence-corrected chi connectivity index (χ3v) is 8.57. The fourth-order valence-corrected chi connectivity index (χ4v) is 7.01. The zero-order valence-corrected chi connectivity index (χ0v) is 20.8. The van der Waals surface area contributed by atoms with Crippen LogP contribution in [0.3, 0.4) is 0 Å². The van der Waals surface area contributed by atoms with E-state index in [2.05, 4.69) is 5.32 Å². The van der Waals surface area contributed by atoms with Crippen LogP contribution in [0.15, 0.2) is 30.3 Å². The predicted octanol–water partition coefficient (Wildman–Crippen LogP) is 3.95. The number of nitrogens with one attached hydrogen (secondary N) is 1. The largest absolute Gasteiger partial charge is 0.458 e. The maximum Gasteiger partial charge on any atom is 0.408 e. The molecule has 1 aromatic carbocycles. The summed E-state index contributed by atoms with van der Waals surface area (Å²) in [6.45, 7) is 3.39. The standard InChI is InChI=1S/C19H21Cl3N2O5S2/c1-17(2)19(30-3,15(26)28-9-11-7-5-4-6-8-11)24-13(25)12(14(24)31-17)23-16(27)29-10-18(20,21)22/h4-8,12,14H,9-10H2,1-3H3,(H,23,27)/t12-,14-,19-/m1/s1. The smallest absolute Gasteiger partial charge is 0.408 e. The second kappa shape index (κ2) is 9.09. The normalized spacial score (nSPS) is 26.6. The lowest BCUT2D eigenvalue weighted by atomic mass is 9.95. The van der Waals surface area contributed by atoms with Gasteiger partial charge in [-0.05, 0) is 25.7 Å². The molecule has 7 nitrogen and oxygen atoms in total. The summed E-state index contributed by atoms with van der Waals surface area (Å²) in [6.07, 6.45) is 0.883. The molecule has 3 atom stereocenters. The average Bonchev–Trinajstić information content (AvgIpc) is 2.93. The molecule has 1 N–H and O–H groups in total. The van der Waals surface area contributed by atoms with Gasteiger partial charge in [0.25, 0.3) is 5.91 Å². The van der Waals surface area contributed by atoms with Crippen LogP contribution in [0.1, 0.15) is 19.4 Å². The SMILES string of the molecule is CS[C@@]1(C(=O)OCc2ccccc2)N2C(=O)[C@@H](NC(=O)OCC(Cl)(Cl)Cl)[C@H]2SC1(C)C. The van der Waals surface area contributed by atoms with Crippen molar-refractivity contribution in [2.75, 3.05) is 12.9 Å². The van der Waals surface area contributed by atoms with Crippen molar-refractivity contribution < 1.29 is 23.9 Å². The van der Waals surface area contributed by atoms with Crippen LogP contribution in [-0.4, -0.2) is 60.6 Å². The number of alkyl carbamates (subject to hydrolysis) is 1. The van der Waals surface area contributed by atoms with E-state index in [0.717, 1.165) is 5.56 Å². The summed E-state index contributed by atoms with van der Waals surface area (Å²) in [5.74, 6) is -0.908. The lowest BCUT2D eigenvalue weighted by molar-refractivity contribution is -0.167. The van der Waals surface area contributed by atoms with Gasteiger partial charge in [0.2, 0.25) is 8.66 Å². The number of alkyl halides is 3. The molecule has 31 heavy (non-hydrogen) atoms. The lowest BCUT2D eigenvalue weighted by Crippen LogP contribution is -2.74. The molecule has 170 valence electrons. The van der Waals surface area contributed by atoms with Crippen molar-refractivity contribution in [3.63, 3.8) is 0 Å². The molecule has 3 rings (SSSR count). The van der Waals surface area contributed by atoms with Crippen LogP contribution in [0.4, 0.5) is 4.79 Å². The highest BCUT2D eigenvalue weighted by molar-refractivity contribution is 8.06. The average molecular weight is 528 g/mol. The maximum atomic E-state index is 13.3. The van der Waals surface area contributed by atoms with Crippen molar-refractivity contribution in [3.05, 3.63) is 35.9 Å². The van der Waals surface area contributed by atoms with Gasteiger partial charge >= 0.3 is 12.1 Å². The number of amides is 2. The van der Waals surface area contributed by atoms with Gasteiger partial charge in [0.1, 0.15) is 24.6 Å². The highest BCUT2D eigenvalue weighted by Crippen LogP contribution is 2.61. The van der Waals surface area contributed by atoms with Crippen molar-refractivity contribution in [2.24, 2.45) is 0 Å². The topological polar surface area (TPSA) is 84.9 Å². The Balaban J connectivity index is 1.72. The Morgan fingerprint density at radius 2 is 1.87 bits per heavy atom. The number of β-lactam (4-membered cyclic amide) rings is 1. The Labute approximate surface area is 203 Å². The molecule has 12 heteroatoms. The van der Waals surface area contributed by atoms with E-state index in [4.69, 9.17) is 44.3 Å². The molecule has 2 heterocycles. The minimum Gasteiger partial charge on any atom is -0.458 e. The first-order valence-electron chi connectivity index (χ1n) is 9.20. The molecule has 0 saturated carbocycles. The number of carbonyl (C=O) groups is 3. The number of hydrogen-bond acceptors (Lipinski definition) is 7. The van der Waals surface area contributed by atoms with Crippen LogP contribution in [0, 0.1) is 0 Å². The van der Waals surface area contributed by atoms with E-state index >= 15 is 0 Å². The third kappa shape index (κ3) is 4.71. The number of benzene rings is 1. The summed E-state index contributed by atoms with van der Waals surface area (Å²) in [5.41, 5.74) is 0.846. The van der Waals surface area contributed by atoms with Gasteiger partial charge in [-0.25, -0.2) is 9.59 Å². The van der Waals surface area contributed by atoms with Gasteiger partial charge < -0.3 is 19.7 Å². The summed E-state index contributed by atoms with van der Waals surface area (Å²) in [7, 11) is 0. The van der Waals surface area contributed by atoms with Gasteiger partial charge in [-0.1, -0.05) is 65.1 Å². The minimum atomic E-state index is -1.76. The molecular formula is C19H21Cl3N2O5S2. The van der Waals surface area contributed by atoms with Crippen molar-refractivity contribution in [3.8, 4) is 0 Å². The van der Waals surface area contributed by atoms with Crippen molar-refractivity contribution in [1.82, 2.24) is 10.2 Å². The van der Waals surface area contributed by atoms with E-state index in [-0.39, 0.29) is 6.61 Å². The minimum absolute atomic E-state index is 0.0977. The number of carbonyl (C=O) groups excluding carboxylic acids is 3. The number of fused-ring (bicyclic) bond motifs is 1. The molecule has 0 bridgehead atoms. The molecule has 2 aliphatic heterocycles. The van der Waals surface area contributed by atoms with Crippen LogP contribution in [0.5, 0.6) is 0 Å². The van der Waals surface area contributed by atoms with Crippen LogP contribution >= 0.6 is 58.3 Å². The second-order valence-corrected chi connectivity index (χ2v) is 12.7. The zero-order chi connectivity index (χ0) is 23.0. The molecule has 0 spiro atoms. The van der Waals surface area contributed by atoms with Gasteiger partial charge in [0, 0.05) is 0 Å². The highest BCUT2D eigenvalue weighted by Gasteiger charge is 2.73. The molecule has 2 saturated heterocycles. The fraction of sp³-hybridized carbons (Fsp3) is 0.526. The molecule has 0 unspecified atom stereocenters. The van der Waals surface area contributed by atoms with Crippen LogP contribution in [0.2, 0.25) is 0 Å². The van der Waals surface area contributed by atoms with E-state index in [9.17, 15) is 14.4 Å². The Morgan fingerprint density at radius 3 is 2.45 bits per heavy atom. The summed E-state index contributed by atoms with van der Waals surface area (Å²) in [6, 6.07) is 8.44. The lowest BCUT2D eigenvalue weighted by Gasteiger charge is -2.49. The zero-order valence-electron chi connectivity index (χ0n) is 16.9. The maximum absolute atomic E-state index is 13.3. The van der Waals surface area contributed by atoms with Crippen molar-refractivity contribution in [2.45, 2.75) is 45.3 Å². The number of esters is 1. The predicted molar refractivity (Wildman–Crippen MR) is 123 cm³/mol. The highest BCUT2D eigenvalue weighted by atomic mass is 35.6. The number of ether oxygens (including phenoxy) is 2. The van der Waals surface area contributed by atoms with Gasteiger partial charge in [-0.3, -0.25) is 4.79 Å². The van der Waals surface area contributed by atoms with E-state index in [1.165, 1.54) is 28.4 Å². The third-order valence-electron chi connectivity index (χ3n) is 5.04. The summed E-state index contributed by atoms with van der Waals surface area (Å²) >= 11 is 19.4. The Bertz CT molecular complexity index is 868. The van der Waals surface area contributed by atoms with Crippen LogP contribution in [0.25, 0.3) is 0 Å². The Hall–Kier alpha value is -1.00. The molecule has 2 amide bonds. The van der Waals surface area contributed by atoms with E-state index in [0.29, 0.717) is 0 Å². The van der Waals surface area contributed by atoms with E-state index in [1.54, 1.807) is 6.26 Å². The van der Waals surface area contributed by atoms with Crippen LogP contribution < -0.4 is 5.32 Å². The Morgan fingerprint density at radius 1 is 1.23 bits per heavy atom. The quantitative estimate of drug-likeness (QED) is 0.341. The van der Waals surface area contributed by atoms with Gasteiger partial charge in [-0.15, -0.1) is 23.5 Å². The fourth-order valence-electron chi connectivity index (χ4n) is 3.63. The van der Waals surface area contributed by atoms with Gasteiger partial charge in [0.05, 0.1) is 4.75 Å². The first kappa shape index (κ1) is 24.6.